The molecule has 8 heteroatoms. The maximum atomic E-state index is 12.6. The zero-order valence-corrected chi connectivity index (χ0v) is 17.0. The lowest BCUT2D eigenvalue weighted by molar-refractivity contribution is -0.125. The van der Waals surface area contributed by atoms with E-state index >= 15 is 0 Å². The number of rotatable bonds is 9. The Balaban J connectivity index is 2.12. The van der Waals surface area contributed by atoms with E-state index in [9.17, 15) is 19.6 Å². The van der Waals surface area contributed by atoms with Crippen molar-refractivity contribution in [2.45, 2.75) is 39.8 Å². The van der Waals surface area contributed by atoms with E-state index < -0.39 is 19.5 Å². The SMILES string of the molecule is CCC(=O)N(CC(=O)N[C@@H](Cc1ccc(C)cc1C)OB(O)O)c1ccccc1. The molecule has 3 N–H and O–H groups in total. The van der Waals surface area contributed by atoms with Crippen LogP contribution in [-0.2, 0) is 20.7 Å². The second-order valence-electron chi connectivity index (χ2n) is 6.82. The van der Waals surface area contributed by atoms with Crippen LogP contribution >= 0.6 is 0 Å². The van der Waals surface area contributed by atoms with E-state index in [4.69, 9.17) is 4.65 Å². The van der Waals surface area contributed by atoms with Crippen molar-refractivity contribution in [3.8, 4) is 0 Å². The van der Waals surface area contributed by atoms with Crippen molar-refractivity contribution in [3.63, 3.8) is 0 Å². The van der Waals surface area contributed by atoms with Crippen molar-refractivity contribution in [2.24, 2.45) is 0 Å². The Morgan fingerprint density at radius 3 is 2.41 bits per heavy atom. The van der Waals surface area contributed by atoms with Crippen LogP contribution in [-0.4, -0.2) is 42.0 Å². The predicted octanol–water partition coefficient (Wildman–Crippen LogP) is 1.72. The summed E-state index contributed by atoms with van der Waals surface area (Å²) in [6, 6.07) is 14.8. The number of aryl methyl sites for hydroxylation is 2. The number of hydrogen-bond donors (Lipinski definition) is 3. The molecule has 154 valence electrons. The summed E-state index contributed by atoms with van der Waals surface area (Å²) in [6.45, 7) is 5.44. The van der Waals surface area contributed by atoms with Gasteiger partial charge in [-0.2, -0.15) is 0 Å². The standard InChI is InChI=1S/C21H27BN2O5/c1-4-21(26)24(18-8-6-5-7-9-18)14-19(25)23-20(29-22(27)28)13-17-11-10-15(2)12-16(17)3/h5-12,20,27-28H,4,13-14H2,1-3H3,(H,23,25)/t20-/m1/s1. The number of nitrogens with zero attached hydrogens (tertiary/aromatic N) is 1. The highest BCUT2D eigenvalue weighted by Crippen LogP contribution is 2.15. The Hall–Kier alpha value is -2.68. The second-order valence-corrected chi connectivity index (χ2v) is 6.82. The average Bonchev–Trinajstić information content (AvgIpc) is 2.68. The molecule has 0 aromatic heterocycles. The van der Waals surface area contributed by atoms with Gasteiger partial charge < -0.3 is 24.9 Å². The Bertz CT molecular complexity index is 829. The molecule has 0 aliphatic heterocycles. The minimum absolute atomic E-state index is 0.194. The van der Waals surface area contributed by atoms with E-state index in [1.54, 1.807) is 31.2 Å². The molecule has 0 spiro atoms. The van der Waals surface area contributed by atoms with Crippen molar-refractivity contribution in [1.82, 2.24) is 5.32 Å². The first kappa shape index (κ1) is 22.6. The molecule has 2 rings (SSSR count). The lowest BCUT2D eigenvalue weighted by atomic mass is 10.0. The topological polar surface area (TPSA) is 99.1 Å². The molecule has 2 amide bonds. The molecule has 0 bridgehead atoms. The summed E-state index contributed by atoms with van der Waals surface area (Å²) in [4.78, 5) is 26.3. The number of hydrogen-bond acceptors (Lipinski definition) is 5. The molecule has 2 aromatic rings. The third kappa shape index (κ3) is 7.01. The summed E-state index contributed by atoms with van der Waals surface area (Å²) in [5, 5.41) is 21.1. The van der Waals surface area contributed by atoms with Crippen LogP contribution in [0.15, 0.2) is 48.5 Å². The van der Waals surface area contributed by atoms with Crippen molar-refractivity contribution in [3.05, 3.63) is 65.2 Å². The molecule has 0 saturated heterocycles. The van der Waals surface area contributed by atoms with Crippen molar-refractivity contribution < 1.29 is 24.3 Å². The lowest BCUT2D eigenvalue weighted by Crippen LogP contribution is -2.47. The van der Waals surface area contributed by atoms with E-state index in [1.165, 1.54) is 4.90 Å². The van der Waals surface area contributed by atoms with E-state index in [2.05, 4.69) is 5.32 Å². The highest BCUT2D eigenvalue weighted by molar-refractivity contribution is 6.32. The van der Waals surface area contributed by atoms with Crippen LogP contribution in [0.25, 0.3) is 0 Å². The maximum absolute atomic E-state index is 12.6. The summed E-state index contributed by atoms with van der Waals surface area (Å²) in [5.74, 6) is -0.661. The normalized spacial score (nSPS) is 11.6. The van der Waals surface area contributed by atoms with Gasteiger partial charge in [0.2, 0.25) is 11.8 Å². The summed E-state index contributed by atoms with van der Waals surface area (Å²) >= 11 is 0. The Morgan fingerprint density at radius 1 is 1.14 bits per heavy atom. The van der Waals surface area contributed by atoms with Crippen LogP contribution in [0.2, 0.25) is 0 Å². The molecule has 0 radical (unpaired) electrons. The van der Waals surface area contributed by atoms with Gasteiger partial charge in [-0.25, -0.2) is 0 Å². The molecule has 0 unspecified atom stereocenters. The highest BCUT2D eigenvalue weighted by Gasteiger charge is 2.24. The van der Waals surface area contributed by atoms with Gasteiger partial charge in [0.25, 0.3) is 0 Å². The molecule has 0 fully saturated rings. The first-order chi connectivity index (χ1) is 13.8. The number of anilines is 1. The summed E-state index contributed by atoms with van der Waals surface area (Å²) in [7, 11) is -2.03. The number of para-hydroxylation sites is 1. The monoisotopic (exact) mass is 398 g/mol. The zero-order valence-electron chi connectivity index (χ0n) is 17.0. The van der Waals surface area contributed by atoms with Crippen LogP contribution in [0.1, 0.15) is 30.0 Å². The molecule has 0 saturated carbocycles. The van der Waals surface area contributed by atoms with E-state index in [0.29, 0.717) is 5.69 Å². The van der Waals surface area contributed by atoms with Crippen LogP contribution in [0.5, 0.6) is 0 Å². The summed E-state index contributed by atoms with van der Waals surface area (Å²) < 4.78 is 5.06. The highest BCUT2D eigenvalue weighted by atomic mass is 16.6. The van der Waals surface area contributed by atoms with Gasteiger partial charge in [-0.1, -0.05) is 48.9 Å². The van der Waals surface area contributed by atoms with Crippen LogP contribution in [0, 0.1) is 13.8 Å². The van der Waals surface area contributed by atoms with Gasteiger partial charge in [-0.05, 0) is 37.1 Å². The molecule has 7 nitrogen and oxygen atoms in total. The van der Waals surface area contributed by atoms with Gasteiger partial charge in [-0.3, -0.25) is 9.59 Å². The first-order valence-electron chi connectivity index (χ1n) is 9.52. The Kier molecular flexibility index (Phi) is 8.39. The fraction of sp³-hybridized carbons (Fsp3) is 0.333. The number of carbonyl (C=O) groups is 2. The Morgan fingerprint density at radius 2 is 1.83 bits per heavy atom. The fourth-order valence-electron chi connectivity index (χ4n) is 3.05. The molecule has 0 aliphatic rings. The van der Waals surface area contributed by atoms with E-state index in [-0.39, 0.29) is 25.3 Å². The quantitative estimate of drug-likeness (QED) is 0.441. The second kappa shape index (κ2) is 10.8. The minimum atomic E-state index is -2.03. The van der Waals surface area contributed by atoms with Crippen LogP contribution < -0.4 is 10.2 Å². The van der Waals surface area contributed by atoms with Crippen molar-refractivity contribution in [2.75, 3.05) is 11.4 Å². The molecule has 1 atom stereocenters. The molecule has 0 aliphatic carbocycles. The predicted molar refractivity (Wildman–Crippen MR) is 112 cm³/mol. The smallest absolute Gasteiger partial charge is 0.402 e. The van der Waals surface area contributed by atoms with Gasteiger partial charge in [0.1, 0.15) is 12.8 Å². The third-order valence-electron chi connectivity index (χ3n) is 4.48. The number of benzene rings is 2. The van der Waals surface area contributed by atoms with E-state index in [1.807, 2.05) is 38.1 Å². The van der Waals surface area contributed by atoms with Gasteiger partial charge in [-0.15, -0.1) is 0 Å². The molecular formula is C21H27BN2O5. The van der Waals surface area contributed by atoms with Crippen molar-refractivity contribution >= 4 is 24.8 Å². The van der Waals surface area contributed by atoms with E-state index in [0.717, 1.165) is 16.7 Å². The number of nitrogens with one attached hydrogen (secondary N) is 1. The van der Waals surface area contributed by atoms with Crippen molar-refractivity contribution in [1.29, 1.82) is 0 Å². The van der Waals surface area contributed by atoms with Gasteiger partial charge in [0, 0.05) is 18.5 Å². The summed E-state index contributed by atoms with van der Waals surface area (Å²) in [6.07, 6.45) is -0.457. The van der Waals surface area contributed by atoms with Gasteiger partial charge in [0.15, 0.2) is 0 Å². The number of amides is 2. The largest absolute Gasteiger partial charge is 0.635 e. The molecular weight excluding hydrogens is 371 g/mol. The average molecular weight is 398 g/mol. The maximum Gasteiger partial charge on any atom is 0.635 e. The summed E-state index contributed by atoms with van der Waals surface area (Å²) in [5.41, 5.74) is 3.63. The lowest BCUT2D eigenvalue weighted by Gasteiger charge is -2.25. The minimum Gasteiger partial charge on any atom is -0.402 e. The third-order valence-corrected chi connectivity index (χ3v) is 4.48. The molecule has 0 heterocycles. The van der Waals surface area contributed by atoms with Crippen LogP contribution in [0.4, 0.5) is 5.69 Å². The molecule has 2 aromatic carbocycles. The molecule has 29 heavy (non-hydrogen) atoms. The fourth-order valence-corrected chi connectivity index (χ4v) is 3.05. The first-order valence-corrected chi connectivity index (χ1v) is 9.52. The Labute approximate surface area is 171 Å². The number of carbonyl (C=O) groups excluding carboxylic acids is 2. The van der Waals surface area contributed by atoms with Gasteiger partial charge >= 0.3 is 7.32 Å². The zero-order chi connectivity index (χ0) is 21.4. The van der Waals surface area contributed by atoms with Crippen LogP contribution in [0.3, 0.4) is 0 Å². The van der Waals surface area contributed by atoms with Gasteiger partial charge in [0.05, 0.1) is 0 Å².